The van der Waals surface area contributed by atoms with E-state index >= 15 is 0 Å². The van der Waals surface area contributed by atoms with Crippen LogP contribution >= 0.6 is 21.6 Å². The third-order valence-electron chi connectivity index (χ3n) is 2.21. The van der Waals surface area contributed by atoms with Crippen molar-refractivity contribution in [3.8, 4) is 0 Å². The van der Waals surface area contributed by atoms with E-state index in [2.05, 4.69) is 0 Å². The second-order valence-electron chi connectivity index (χ2n) is 3.51. The van der Waals surface area contributed by atoms with Crippen LogP contribution in [0.15, 0.2) is 34.1 Å². The Balaban J connectivity index is 2.31. The van der Waals surface area contributed by atoms with Gasteiger partial charge in [0.2, 0.25) is 0 Å². The summed E-state index contributed by atoms with van der Waals surface area (Å²) in [6, 6.07) is 2.53. The van der Waals surface area contributed by atoms with Crippen LogP contribution in [0.25, 0.3) is 0 Å². The highest BCUT2D eigenvalue weighted by atomic mass is 33.1. The van der Waals surface area contributed by atoms with Gasteiger partial charge in [-0.2, -0.15) is 0 Å². The van der Waals surface area contributed by atoms with Crippen molar-refractivity contribution in [1.29, 1.82) is 0 Å². The minimum absolute atomic E-state index is 0.258. The number of benzene rings is 2. The summed E-state index contributed by atoms with van der Waals surface area (Å²) < 4.78 is 79.2. The first-order valence-electron chi connectivity index (χ1n) is 5.03. The van der Waals surface area contributed by atoms with Crippen molar-refractivity contribution >= 4 is 21.6 Å². The Labute approximate surface area is 117 Å². The Morgan fingerprint density at radius 2 is 0.800 bits per heavy atom. The third-order valence-corrected chi connectivity index (χ3v) is 4.63. The minimum atomic E-state index is -1.47. The molecule has 2 rings (SSSR count). The zero-order valence-corrected chi connectivity index (χ0v) is 11.0. The van der Waals surface area contributed by atoms with Gasteiger partial charge in [-0.3, -0.25) is 0 Å². The fraction of sp³-hybridized carbons (Fsp3) is 0. The van der Waals surface area contributed by atoms with Crippen LogP contribution in [0.5, 0.6) is 0 Å². The molecular formula is C12H4F6S2. The molecular weight excluding hydrogens is 322 g/mol. The second kappa shape index (κ2) is 6.01. The first-order chi connectivity index (χ1) is 9.41. The maximum Gasteiger partial charge on any atom is 0.176 e. The van der Waals surface area contributed by atoms with E-state index in [0.29, 0.717) is 24.3 Å². The molecule has 0 amide bonds. The van der Waals surface area contributed by atoms with Crippen LogP contribution in [0, 0.1) is 34.9 Å². The van der Waals surface area contributed by atoms with Crippen molar-refractivity contribution < 1.29 is 26.3 Å². The largest absolute Gasteiger partial charge is 0.206 e. The lowest BCUT2D eigenvalue weighted by atomic mass is 10.3. The summed E-state index contributed by atoms with van der Waals surface area (Å²) in [6.07, 6.45) is 0. The van der Waals surface area contributed by atoms with Crippen LogP contribution in [-0.2, 0) is 0 Å². The first-order valence-corrected chi connectivity index (χ1v) is 7.18. The van der Waals surface area contributed by atoms with Gasteiger partial charge in [0.05, 0.1) is 9.79 Å². The van der Waals surface area contributed by atoms with Gasteiger partial charge in [0, 0.05) is 0 Å². The third kappa shape index (κ3) is 2.90. The monoisotopic (exact) mass is 326 g/mol. The summed E-state index contributed by atoms with van der Waals surface area (Å²) in [7, 11) is 0.516. The highest BCUT2D eigenvalue weighted by Gasteiger charge is 2.19. The summed E-state index contributed by atoms with van der Waals surface area (Å²) >= 11 is 0. The van der Waals surface area contributed by atoms with Crippen molar-refractivity contribution in [1.82, 2.24) is 0 Å². The lowest BCUT2D eigenvalue weighted by molar-refractivity contribution is 0.466. The Bertz CT molecular complexity index is 601. The van der Waals surface area contributed by atoms with E-state index in [4.69, 9.17) is 0 Å². The standard InChI is InChI=1S/C12H4F6S2/c13-5-1-3-7(15)11(9(5)17)19-20-12-8(16)4-2-6(14)10(12)18/h1-4H. The predicted molar refractivity (Wildman–Crippen MR) is 64.3 cm³/mol. The van der Waals surface area contributed by atoms with Crippen molar-refractivity contribution in [3.05, 3.63) is 59.2 Å². The number of halogens is 6. The zero-order chi connectivity index (χ0) is 14.9. The maximum absolute atomic E-state index is 13.3. The highest BCUT2D eigenvalue weighted by Crippen LogP contribution is 2.42. The molecule has 0 fully saturated rings. The molecule has 20 heavy (non-hydrogen) atoms. The van der Waals surface area contributed by atoms with Gasteiger partial charge in [-0.1, -0.05) is 0 Å². The molecule has 0 radical (unpaired) electrons. The molecule has 0 heterocycles. The van der Waals surface area contributed by atoms with E-state index in [1.807, 2.05) is 0 Å². The van der Waals surface area contributed by atoms with Crippen LogP contribution in [0.1, 0.15) is 0 Å². The van der Waals surface area contributed by atoms with Crippen LogP contribution < -0.4 is 0 Å². The summed E-state index contributed by atoms with van der Waals surface area (Å²) in [6.45, 7) is 0. The Morgan fingerprint density at radius 1 is 0.500 bits per heavy atom. The molecule has 8 heteroatoms. The first kappa shape index (κ1) is 15.1. The molecule has 0 spiro atoms. The average molecular weight is 326 g/mol. The lowest BCUT2D eigenvalue weighted by Gasteiger charge is -2.07. The molecule has 0 aliphatic carbocycles. The van der Waals surface area contributed by atoms with Gasteiger partial charge >= 0.3 is 0 Å². The van der Waals surface area contributed by atoms with Crippen LogP contribution in [0.4, 0.5) is 26.3 Å². The molecule has 0 bridgehead atoms. The van der Waals surface area contributed by atoms with Gasteiger partial charge in [-0.05, 0) is 45.9 Å². The predicted octanol–water partition coefficient (Wildman–Crippen LogP) is 5.32. The smallest absolute Gasteiger partial charge is 0.176 e. The van der Waals surface area contributed by atoms with E-state index in [-0.39, 0.29) is 21.6 Å². The lowest BCUT2D eigenvalue weighted by Crippen LogP contribution is -1.93. The summed E-state index contributed by atoms with van der Waals surface area (Å²) in [4.78, 5) is -1.50. The fourth-order valence-electron chi connectivity index (χ4n) is 1.25. The molecule has 2 aromatic carbocycles. The Morgan fingerprint density at radius 3 is 1.15 bits per heavy atom. The van der Waals surface area contributed by atoms with E-state index in [1.165, 1.54) is 0 Å². The Kier molecular flexibility index (Phi) is 4.54. The second-order valence-corrected chi connectivity index (χ2v) is 5.66. The van der Waals surface area contributed by atoms with Crippen molar-refractivity contribution in [2.45, 2.75) is 9.79 Å². The summed E-state index contributed by atoms with van der Waals surface area (Å²) in [5.74, 6) is -7.71. The number of hydrogen-bond donors (Lipinski definition) is 0. The number of hydrogen-bond acceptors (Lipinski definition) is 2. The van der Waals surface area contributed by atoms with E-state index in [1.54, 1.807) is 0 Å². The SMILES string of the molecule is Fc1ccc(F)c(SSc2c(F)ccc(F)c2F)c1F. The van der Waals surface area contributed by atoms with Gasteiger partial charge in [0.25, 0.3) is 0 Å². The van der Waals surface area contributed by atoms with E-state index < -0.39 is 44.7 Å². The quantitative estimate of drug-likeness (QED) is 0.425. The molecule has 0 aromatic heterocycles. The van der Waals surface area contributed by atoms with Gasteiger partial charge < -0.3 is 0 Å². The molecule has 0 nitrogen and oxygen atoms in total. The van der Waals surface area contributed by atoms with E-state index in [9.17, 15) is 26.3 Å². The Hall–Kier alpha value is -1.28. The van der Waals surface area contributed by atoms with Crippen molar-refractivity contribution in [2.75, 3.05) is 0 Å². The minimum Gasteiger partial charge on any atom is -0.206 e. The average Bonchev–Trinajstić information content (AvgIpc) is 2.42. The molecule has 0 unspecified atom stereocenters. The number of rotatable bonds is 3. The molecule has 0 N–H and O–H groups in total. The molecule has 0 saturated heterocycles. The van der Waals surface area contributed by atoms with Gasteiger partial charge in [-0.15, -0.1) is 0 Å². The molecule has 106 valence electrons. The van der Waals surface area contributed by atoms with Crippen LogP contribution in [-0.4, -0.2) is 0 Å². The van der Waals surface area contributed by atoms with E-state index in [0.717, 1.165) is 0 Å². The summed E-state index contributed by atoms with van der Waals surface area (Å²) in [5, 5.41) is 0. The molecule has 0 atom stereocenters. The van der Waals surface area contributed by atoms with Gasteiger partial charge in [-0.25, -0.2) is 26.3 Å². The summed E-state index contributed by atoms with van der Waals surface area (Å²) in [5.41, 5.74) is 0. The zero-order valence-electron chi connectivity index (χ0n) is 9.39. The molecule has 0 aliphatic heterocycles. The van der Waals surface area contributed by atoms with Crippen LogP contribution in [0.3, 0.4) is 0 Å². The highest BCUT2D eigenvalue weighted by molar-refractivity contribution is 8.76. The van der Waals surface area contributed by atoms with Crippen molar-refractivity contribution in [3.63, 3.8) is 0 Å². The maximum atomic E-state index is 13.3. The van der Waals surface area contributed by atoms with Gasteiger partial charge in [0.15, 0.2) is 23.3 Å². The molecule has 2 aromatic rings. The molecule has 0 aliphatic rings. The topological polar surface area (TPSA) is 0 Å². The van der Waals surface area contributed by atoms with Gasteiger partial charge in [0.1, 0.15) is 11.6 Å². The fourth-order valence-corrected chi connectivity index (χ4v) is 3.47. The molecule has 0 saturated carbocycles. The van der Waals surface area contributed by atoms with Crippen LogP contribution in [0.2, 0.25) is 0 Å². The van der Waals surface area contributed by atoms with Crippen molar-refractivity contribution in [2.24, 2.45) is 0 Å². The normalized spacial score (nSPS) is 10.9.